The van der Waals surface area contributed by atoms with Crippen LogP contribution < -0.4 is 0 Å². The Hall–Kier alpha value is -0.720. The molecule has 0 heterocycles. The summed E-state index contributed by atoms with van der Waals surface area (Å²) < 4.78 is 0. The van der Waals surface area contributed by atoms with Crippen molar-refractivity contribution in [1.82, 2.24) is 0 Å². The lowest BCUT2D eigenvalue weighted by atomic mass is 9.56. The van der Waals surface area contributed by atoms with Gasteiger partial charge in [-0.2, -0.15) is 0 Å². The van der Waals surface area contributed by atoms with Gasteiger partial charge in [0.2, 0.25) is 0 Å². The van der Waals surface area contributed by atoms with Gasteiger partial charge in [-0.1, -0.05) is 47.6 Å². The van der Waals surface area contributed by atoms with E-state index in [1.807, 2.05) is 19.9 Å². The van der Waals surface area contributed by atoms with Gasteiger partial charge >= 0.3 is 0 Å². The van der Waals surface area contributed by atoms with Gasteiger partial charge in [0.05, 0.1) is 0 Å². The van der Waals surface area contributed by atoms with Crippen LogP contribution in [0, 0.1) is 16.7 Å². The highest BCUT2D eigenvalue weighted by Crippen LogP contribution is 2.55. The van der Waals surface area contributed by atoms with Crippen LogP contribution in [0.5, 0.6) is 0 Å². The second-order valence-electron chi connectivity index (χ2n) is 6.70. The molecule has 2 aliphatic carbocycles. The van der Waals surface area contributed by atoms with Crippen LogP contribution in [0.15, 0.2) is 23.5 Å². The average molecular weight is 250 g/mol. The zero-order valence-electron chi connectivity index (χ0n) is 13.0. The predicted octanol–water partition coefficient (Wildman–Crippen LogP) is 5.64. The van der Waals surface area contributed by atoms with Crippen LogP contribution in [0.4, 0.5) is 0 Å². The third-order valence-electron chi connectivity index (χ3n) is 4.59. The van der Waals surface area contributed by atoms with Gasteiger partial charge in [0, 0.05) is 0 Å². The van der Waals surface area contributed by atoms with Crippen LogP contribution >= 0.6 is 0 Å². The van der Waals surface area contributed by atoms with Crippen LogP contribution in [-0.4, -0.2) is 5.11 Å². The molecule has 0 radical (unpaired) electrons. The Kier molecular flexibility index (Phi) is 4.69. The van der Waals surface area contributed by atoms with Gasteiger partial charge in [0.25, 0.3) is 0 Å². The van der Waals surface area contributed by atoms with Crippen molar-refractivity contribution in [2.45, 2.75) is 67.2 Å². The second-order valence-corrected chi connectivity index (χ2v) is 6.70. The molecule has 0 aromatic carbocycles. The number of aliphatic hydroxyl groups is 1. The summed E-state index contributed by atoms with van der Waals surface area (Å²) in [5.41, 5.74) is 1.81. The monoisotopic (exact) mass is 250 g/mol. The van der Waals surface area contributed by atoms with Crippen molar-refractivity contribution in [1.29, 1.82) is 0 Å². The summed E-state index contributed by atoms with van der Waals surface area (Å²) in [6.45, 7) is 13.3. The standard InChI is InChI=1S/C15H24O.C2H6/c1-14(2)9-10-15(3,4)13-11(14)7-5-6-8-12(13)16;1-2/h6,8,11,16H,5,7,9-10H2,1-4H3;1-2H3. The van der Waals surface area contributed by atoms with Crippen molar-refractivity contribution < 1.29 is 5.11 Å². The molecule has 0 bridgehead atoms. The van der Waals surface area contributed by atoms with Gasteiger partial charge < -0.3 is 5.11 Å². The maximum absolute atomic E-state index is 10.2. The van der Waals surface area contributed by atoms with E-state index in [0.717, 1.165) is 6.42 Å². The molecule has 1 saturated carbocycles. The molecule has 0 aromatic heterocycles. The third kappa shape index (κ3) is 2.81. The van der Waals surface area contributed by atoms with Crippen molar-refractivity contribution in [3.63, 3.8) is 0 Å². The molecule has 0 amide bonds. The first-order valence-corrected chi connectivity index (χ1v) is 7.45. The summed E-state index contributed by atoms with van der Waals surface area (Å²) in [4.78, 5) is 0. The smallest absolute Gasteiger partial charge is 0.115 e. The van der Waals surface area contributed by atoms with Crippen molar-refractivity contribution >= 4 is 0 Å². The van der Waals surface area contributed by atoms with E-state index in [4.69, 9.17) is 0 Å². The summed E-state index contributed by atoms with van der Waals surface area (Å²) in [7, 11) is 0. The van der Waals surface area contributed by atoms with Crippen LogP contribution in [-0.2, 0) is 0 Å². The van der Waals surface area contributed by atoms with E-state index in [9.17, 15) is 5.11 Å². The van der Waals surface area contributed by atoms with Crippen LogP contribution in [0.2, 0.25) is 0 Å². The molecule has 18 heavy (non-hydrogen) atoms. The fraction of sp³-hybridized carbons (Fsp3) is 0.765. The molecule has 1 nitrogen and oxygen atoms in total. The van der Waals surface area contributed by atoms with Crippen LogP contribution in [0.1, 0.15) is 67.2 Å². The predicted molar refractivity (Wildman–Crippen MR) is 79.7 cm³/mol. The minimum atomic E-state index is 0.166. The molecule has 1 fully saturated rings. The van der Waals surface area contributed by atoms with E-state index in [2.05, 4.69) is 33.8 Å². The number of hydrogen-bond donors (Lipinski definition) is 1. The fourth-order valence-electron chi connectivity index (χ4n) is 3.41. The molecule has 2 aliphatic rings. The Balaban J connectivity index is 0.000000771. The molecule has 1 heteroatoms. The maximum Gasteiger partial charge on any atom is 0.115 e. The van der Waals surface area contributed by atoms with E-state index < -0.39 is 0 Å². The van der Waals surface area contributed by atoms with E-state index in [-0.39, 0.29) is 5.41 Å². The average Bonchev–Trinajstić information content (AvgIpc) is 2.51. The summed E-state index contributed by atoms with van der Waals surface area (Å²) in [6.07, 6.45) is 8.76. The number of hydrogen-bond acceptors (Lipinski definition) is 1. The highest BCUT2D eigenvalue weighted by atomic mass is 16.3. The van der Waals surface area contributed by atoms with E-state index in [0.29, 0.717) is 17.1 Å². The van der Waals surface area contributed by atoms with Crippen molar-refractivity contribution in [2.24, 2.45) is 16.7 Å². The number of fused-ring (bicyclic) bond motifs is 1. The molecule has 0 saturated heterocycles. The lowest BCUT2D eigenvalue weighted by Crippen LogP contribution is -2.38. The first-order chi connectivity index (χ1) is 8.34. The Morgan fingerprint density at radius 3 is 2.33 bits per heavy atom. The van der Waals surface area contributed by atoms with E-state index >= 15 is 0 Å². The van der Waals surface area contributed by atoms with Gasteiger partial charge in [0.15, 0.2) is 0 Å². The first kappa shape index (κ1) is 15.3. The Morgan fingerprint density at radius 2 is 1.72 bits per heavy atom. The topological polar surface area (TPSA) is 20.2 Å². The number of rotatable bonds is 0. The van der Waals surface area contributed by atoms with Crippen molar-refractivity contribution in [3.05, 3.63) is 23.5 Å². The Morgan fingerprint density at radius 1 is 1.11 bits per heavy atom. The lowest BCUT2D eigenvalue weighted by Gasteiger charge is -2.48. The molecule has 0 aromatic rings. The van der Waals surface area contributed by atoms with Gasteiger partial charge in [-0.25, -0.2) is 0 Å². The SMILES string of the molecule is CC.CC1(C)CCC(C)(C)C2CCC=CC(O)=C21. The summed E-state index contributed by atoms with van der Waals surface area (Å²) in [6, 6.07) is 0. The highest BCUT2D eigenvalue weighted by Gasteiger charge is 2.45. The zero-order chi connectivity index (χ0) is 14.0. The number of aliphatic hydroxyl groups excluding tert-OH is 1. The summed E-state index contributed by atoms with van der Waals surface area (Å²) in [5, 5.41) is 10.2. The Labute approximate surface area is 113 Å². The molecule has 1 unspecified atom stereocenters. The van der Waals surface area contributed by atoms with Gasteiger partial charge in [0.1, 0.15) is 5.76 Å². The molecule has 0 spiro atoms. The normalized spacial score (nSPS) is 28.9. The van der Waals surface area contributed by atoms with Crippen LogP contribution in [0.3, 0.4) is 0 Å². The van der Waals surface area contributed by atoms with Crippen molar-refractivity contribution in [2.75, 3.05) is 0 Å². The summed E-state index contributed by atoms with van der Waals surface area (Å²) >= 11 is 0. The molecule has 104 valence electrons. The second kappa shape index (κ2) is 5.50. The maximum atomic E-state index is 10.2. The lowest BCUT2D eigenvalue weighted by molar-refractivity contribution is 0.111. The molecular formula is C17H30O. The largest absolute Gasteiger partial charge is 0.508 e. The van der Waals surface area contributed by atoms with Gasteiger partial charge in [-0.3, -0.25) is 0 Å². The molecular weight excluding hydrogens is 220 g/mol. The first-order valence-electron chi connectivity index (χ1n) is 7.45. The molecule has 2 rings (SSSR count). The molecule has 1 N–H and O–H groups in total. The fourth-order valence-corrected chi connectivity index (χ4v) is 3.41. The summed E-state index contributed by atoms with van der Waals surface area (Å²) in [5.74, 6) is 1.09. The minimum Gasteiger partial charge on any atom is -0.508 e. The van der Waals surface area contributed by atoms with Crippen molar-refractivity contribution in [3.8, 4) is 0 Å². The third-order valence-corrected chi connectivity index (χ3v) is 4.59. The minimum absolute atomic E-state index is 0.166. The highest BCUT2D eigenvalue weighted by molar-refractivity contribution is 5.31. The number of allylic oxidation sites excluding steroid dienone is 3. The molecule has 0 aliphatic heterocycles. The van der Waals surface area contributed by atoms with Crippen LogP contribution in [0.25, 0.3) is 0 Å². The molecule has 1 atom stereocenters. The van der Waals surface area contributed by atoms with Gasteiger partial charge in [-0.05, 0) is 54.1 Å². The van der Waals surface area contributed by atoms with Gasteiger partial charge in [-0.15, -0.1) is 0 Å². The van der Waals surface area contributed by atoms with E-state index in [1.165, 1.54) is 24.8 Å². The quantitative estimate of drug-likeness (QED) is 0.590. The van der Waals surface area contributed by atoms with E-state index in [1.54, 1.807) is 0 Å². The zero-order valence-corrected chi connectivity index (χ0v) is 13.0. The Bertz CT molecular complexity index is 345.